The van der Waals surface area contributed by atoms with Gasteiger partial charge in [-0.3, -0.25) is 9.62 Å². The molecule has 0 aliphatic carbocycles. The Morgan fingerprint density at radius 3 is 2.19 bits per heavy atom. The van der Waals surface area contributed by atoms with E-state index in [1.165, 1.54) is 5.56 Å². The van der Waals surface area contributed by atoms with Gasteiger partial charge in [-0.2, -0.15) is 0 Å². The van der Waals surface area contributed by atoms with E-state index in [0.717, 1.165) is 16.7 Å². The molecule has 1 heterocycles. The van der Waals surface area contributed by atoms with Gasteiger partial charge >= 0.3 is 0 Å². The van der Waals surface area contributed by atoms with Crippen LogP contribution in [0.2, 0.25) is 0 Å². The number of benzene rings is 4. The number of nitrogens with one attached hydrogen (secondary N) is 1. The highest BCUT2D eigenvalue weighted by molar-refractivity contribution is 7.92. The molecular formula is C34H38N2O5S. The van der Waals surface area contributed by atoms with Crippen LogP contribution in [0.1, 0.15) is 54.5 Å². The molecule has 0 aromatic heterocycles. The van der Waals surface area contributed by atoms with Gasteiger partial charge in [0.25, 0.3) is 10.0 Å². The number of anilines is 1. The van der Waals surface area contributed by atoms with E-state index in [1.54, 1.807) is 48.5 Å². The molecule has 5 atom stereocenters. The first-order chi connectivity index (χ1) is 20.2. The summed E-state index contributed by atoms with van der Waals surface area (Å²) >= 11 is 0. The smallest absolute Gasteiger partial charge is 0.261 e. The van der Waals surface area contributed by atoms with Crippen LogP contribution in [0, 0.1) is 5.92 Å². The quantitative estimate of drug-likeness (QED) is 0.222. The molecule has 4 aromatic carbocycles. The Balaban J connectivity index is 1.42. The third kappa shape index (κ3) is 6.91. The number of ether oxygens (including phenoxy) is 2. The van der Waals surface area contributed by atoms with Gasteiger partial charge in [0.2, 0.25) is 0 Å². The predicted molar refractivity (Wildman–Crippen MR) is 164 cm³/mol. The molecule has 0 amide bonds. The van der Waals surface area contributed by atoms with Crippen molar-refractivity contribution in [2.45, 2.75) is 49.9 Å². The average Bonchev–Trinajstić information content (AvgIpc) is 3.02. The summed E-state index contributed by atoms with van der Waals surface area (Å²) in [5, 5.41) is 9.54. The lowest BCUT2D eigenvalue weighted by atomic mass is 9.89. The molecule has 0 bridgehead atoms. The fraction of sp³-hybridized carbons (Fsp3) is 0.294. The molecule has 42 heavy (non-hydrogen) atoms. The Kier molecular flexibility index (Phi) is 9.40. The summed E-state index contributed by atoms with van der Waals surface area (Å²) in [6.07, 6.45) is -1.16. The first kappa shape index (κ1) is 29.9. The van der Waals surface area contributed by atoms with Crippen molar-refractivity contribution >= 4 is 15.7 Å². The largest absolute Gasteiger partial charge is 0.392 e. The summed E-state index contributed by atoms with van der Waals surface area (Å²) in [5.74, 6) is 0.0198. The molecule has 2 N–H and O–H groups in total. The standard InChI is InChI=1S/C34H38N2O5S/c1-24-32(22-36(3)25(2)27-11-6-4-7-12-27)40-34(41-33(24)28-19-17-26(23-37)18-20-28)29-13-10-14-30(21-29)35-42(38,39)31-15-8-5-9-16-31/h4-21,24-25,32-35,37H,22-23H2,1-3H3. The van der Waals surface area contributed by atoms with Crippen molar-refractivity contribution in [1.29, 1.82) is 0 Å². The van der Waals surface area contributed by atoms with Gasteiger partial charge in [0.05, 0.1) is 23.7 Å². The molecule has 0 spiro atoms. The number of sulfonamides is 1. The van der Waals surface area contributed by atoms with E-state index in [0.29, 0.717) is 12.2 Å². The van der Waals surface area contributed by atoms with Crippen molar-refractivity contribution in [1.82, 2.24) is 4.90 Å². The Bertz CT molecular complexity index is 1550. The molecule has 0 saturated carbocycles. The topological polar surface area (TPSA) is 88.1 Å². The average molecular weight is 587 g/mol. The maximum Gasteiger partial charge on any atom is 0.261 e. The summed E-state index contributed by atoms with van der Waals surface area (Å²) in [4.78, 5) is 2.48. The van der Waals surface area contributed by atoms with Gasteiger partial charge in [0, 0.05) is 29.8 Å². The van der Waals surface area contributed by atoms with E-state index in [2.05, 4.69) is 42.6 Å². The van der Waals surface area contributed by atoms with Crippen molar-refractivity contribution in [2.75, 3.05) is 18.3 Å². The van der Waals surface area contributed by atoms with Gasteiger partial charge < -0.3 is 14.6 Å². The fourth-order valence-electron chi connectivity index (χ4n) is 5.32. The summed E-state index contributed by atoms with van der Waals surface area (Å²) in [7, 11) is -1.65. The van der Waals surface area contributed by atoms with Crippen LogP contribution in [0.4, 0.5) is 5.69 Å². The molecule has 1 saturated heterocycles. The van der Waals surface area contributed by atoms with Crippen LogP contribution in [0.25, 0.3) is 0 Å². The first-order valence-corrected chi connectivity index (χ1v) is 15.7. The van der Waals surface area contributed by atoms with Gasteiger partial charge in [0.15, 0.2) is 6.29 Å². The third-order valence-corrected chi connectivity index (χ3v) is 9.40. The molecule has 5 rings (SSSR count). The third-order valence-electron chi connectivity index (χ3n) is 8.00. The summed E-state index contributed by atoms with van der Waals surface area (Å²) in [6.45, 7) is 4.97. The molecule has 8 heteroatoms. The highest BCUT2D eigenvalue weighted by atomic mass is 32.2. The molecule has 1 fully saturated rings. The zero-order valence-corrected chi connectivity index (χ0v) is 24.9. The van der Waals surface area contributed by atoms with Gasteiger partial charge in [-0.05, 0) is 54.9 Å². The summed E-state index contributed by atoms with van der Waals surface area (Å²) in [5.41, 5.74) is 4.21. The van der Waals surface area contributed by atoms with Crippen LogP contribution in [0.5, 0.6) is 0 Å². The van der Waals surface area contributed by atoms with E-state index < -0.39 is 16.3 Å². The molecule has 1 aliphatic rings. The van der Waals surface area contributed by atoms with Crippen LogP contribution >= 0.6 is 0 Å². The lowest BCUT2D eigenvalue weighted by Gasteiger charge is -2.43. The Labute approximate surface area is 248 Å². The van der Waals surface area contributed by atoms with Gasteiger partial charge in [-0.1, -0.05) is 91.9 Å². The van der Waals surface area contributed by atoms with Crippen LogP contribution < -0.4 is 4.72 Å². The van der Waals surface area contributed by atoms with Crippen molar-refractivity contribution < 1.29 is 23.0 Å². The van der Waals surface area contributed by atoms with Gasteiger partial charge in [0.1, 0.15) is 0 Å². The minimum Gasteiger partial charge on any atom is -0.392 e. The summed E-state index contributed by atoms with van der Waals surface area (Å²) in [6, 6.07) is 33.8. The molecule has 4 aromatic rings. The van der Waals surface area contributed by atoms with Crippen molar-refractivity contribution in [3.8, 4) is 0 Å². The minimum atomic E-state index is -3.75. The highest BCUT2D eigenvalue weighted by Gasteiger charge is 2.39. The molecule has 220 valence electrons. The monoisotopic (exact) mass is 586 g/mol. The van der Waals surface area contributed by atoms with Crippen LogP contribution in [-0.2, 0) is 26.1 Å². The normalized spacial score (nSPS) is 21.6. The number of hydrogen-bond donors (Lipinski definition) is 2. The van der Waals surface area contributed by atoms with E-state index in [4.69, 9.17) is 9.47 Å². The SMILES string of the molecule is CC1C(CN(C)C(C)c2ccccc2)OC(c2cccc(NS(=O)(=O)c3ccccc3)c2)OC1c1ccc(CO)cc1. The maximum absolute atomic E-state index is 13.0. The molecular weight excluding hydrogens is 548 g/mol. The molecule has 0 radical (unpaired) electrons. The first-order valence-electron chi connectivity index (χ1n) is 14.2. The number of hydrogen-bond acceptors (Lipinski definition) is 6. The number of likely N-dealkylation sites (N-methyl/N-ethyl adjacent to an activating group) is 1. The van der Waals surface area contributed by atoms with Crippen LogP contribution in [0.3, 0.4) is 0 Å². The maximum atomic E-state index is 13.0. The van der Waals surface area contributed by atoms with Crippen molar-refractivity contribution in [3.05, 3.63) is 131 Å². The second-order valence-corrected chi connectivity index (χ2v) is 12.6. The second kappa shape index (κ2) is 13.2. The number of aliphatic hydroxyl groups excluding tert-OH is 1. The molecule has 5 unspecified atom stereocenters. The predicted octanol–water partition coefficient (Wildman–Crippen LogP) is 6.46. The Morgan fingerprint density at radius 2 is 1.52 bits per heavy atom. The van der Waals surface area contributed by atoms with Crippen LogP contribution in [0.15, 0.2) is 114 Å². The van der Waals surface area contributed by atoms with E-state index in [9.17, 15) is 13.5 Å². The van der Waals surface area contributed by atoms with Crippen LogP contribution in [-0.4, -0.2) is 38.1 Å². The second-order valence-electron chi connectivity index (χ2n) is 10.9. The van der Waals surface area contributed by atoms with Gasteiger partial charge in [-0.25, -0.2) is 8.42 Å². The fourth-order valence-corrected chi connectivity index (χ4v) is 6.39. The lowest BCUT2D eigenvalue weighted by Crippen LogP contribution is -2.44. The Hall–Kier alpha value is -3.53. The molecule has 1 aliphatic heterocycles. The van der Waals surface area contributed by atoms with Crippen molar-refractivity contribution in [2.24, 2.45) is 5.92 Å². The summed E-state index contributed by atoms with van der Waals surface area (Å²) < 4.78 is 41.9. The van der Waals surface area contributed by atoms with E-state index in [1.807, 2.05) is 48.5 Å². The van der Waals surface area contributed by atoms with E-state index in [-0.39, 0.29) is 35.7 Å². The minimum absolute atomic E-state index is 0.0198. The van der Waals surface area contributed by atoms with Gasteiger partial charge in [-0.15, -0.1) is 0 Å². The Morgan fingerprint density at radius 1 is 0.857 bits per heavy atom. The number of nitrogens with zero attached hydrogens (tertiary/aromatic N) is 1. The number of rotatable bonds is 10. The number of aliphatic hydroxyl groups is 1. The lowest BCUT2D eigenvalue weighted by molar-refractivity contribution is -0.276. The molecule has 7 nitrogen and oxygen atoms in total. The zero-order chi connectivity index (χ0) is 29.7. The van der Waals surface area contributed by atoms with Crippen molar-refractivity contribution in [3.63, 3.8) is 0 Å². The zero-order valence-electron chi connectivity index (χ0n) is 24.1. The van der Waals surface area contributed by atoms with E-state index >= 15 is 0 Å². The highest BCUT2D eigenvalue weighted by Crippen LogP contribution is 2.42.